The van der Waals surface area contributed by atoms with Gasteiger partial charge in [-0.15, -0.1) is 0 Å². The zero-order chi connectivity index (χ0) is 67.5. The summed E-state index contributed by atoms with van der Waals surface area (Å²) in [6, 6.07) is -1.01. The molecular weight excluding hydrogens is 1190 g/mol. The van der Waals surface area contributed by atoms with Crippen LogP contribution in [0.4, 0.5) is 0 Å². The summed E-state index contributed by atoms with van der Waals surface area (Å²) >= 11 is 0. The van der Waals surface area contributed by atoms with Crippen molar-refractivity contribution in [2.45, 2.75) is 311 Å². The van der Waals surface area contributed by atoms with Crippen molar-refractivity contribution in [3.05, 3.63) is 122 Å². The highest BCUT2D eigenvalue weighted by Crippen LogP contribution is 2.33. The lowest BCUT2D eigenvalue weighted by molar-refractivity contribution is -0.379. The Morgan fingerprint density at radius 2 is 0.753 bits per heavy atom. The monoisotopic (exact) mass is 1310 g/mol. The van der Waals surface area contributed by atoms with Crippen molar-refractivity contribution in [3.8, 4) is 0 Å². The molecule has 1 amide bonds. The summed E-state index contributed by atoms with van der Waals surface area (Å²) in [7, 11) is 0. The first-order valence-corrected chi connectivity index (χ1v) is 35.3. The summed E-state index contributed by atoms with van der Waals surface area (Å²) in [4.78, 5) is 13.4. The minimum absolute atomic E-state index is 0.216. The van der Waals surface area contributed by atoms with Gasteiger partial charge in [0.1, 0.15) is 73.2 Å². The van der Waals surface area contributed by atoms with Gasteiger partial charge in [-0.25, -0.2) is 0 Å². The first-order chi connectivity index (χ1) is 45.3. The van der Waals surface area contributed by atoms with E-state index in [2.05, 4.69) is 129 Å². The van der Waals surface area contributed by atoms with Crippen LogP contribution in [0.1, 0.15) is 206 Å². The number of unbranched alkanes of at least 4 members (excludes halogenated alkanes) is 18. The quantitative estimate of drug-likeness (QED) is 0.0199. The third-order valence-corrected chi connectivity index (χ3v) is 16.7. The molecule has 19 heteroatoms. The number of carbonyl (C=O) groups is 1. The van der Waals surface area contributed by atoms with Crippen molar-refractivity contribution in [2.75, 3.05) is 26.4 Å². The molecular formula is C74H123NO18. The van der Waals surface area contributed by atoms with Crippen LogP contribution in [0, 0.1) is 0 Å². The Labute approximate surface area is 557 Å². The van der Waals surface area contributed by atoms with Crippen LogP contribution in [0.3, 0.4) is 0 Å². The molecule has 532 valence electrons. The standard InChI is InChI=1S/C74H123NO18/c1-3-5-7-9-11-13-15-17-19-21-22-23-24-25-26-27-28-29-30-31-32-33-34-36-38-40-42-44-46-48-50-52-62(80)75-57(58(79)51-49-47-45-43-41-39-37-35-20-18-16-14-12-10-8-6-4-2)56-88-72-68(86)65(83)70(60(54-77)90-72)93-74-69(87)66(84)71(61(55-78)91-74)92-73-67(85)64(82)63(81)59(53-76)89-73/h5,7,11,13,17,19-20,22-23,25-26,28-29,31-32,35,41,43,49,51,57-61,63-74,76-79,81-87H,3-4,6,8-10,12,14-16,18,21,24,27,30,33-34,36-40,42,44-48,50,52-56H2,1-2H3,(H,75,80)/b7-5-,13-11-,19-17-,23-22-,26-25-,29-28-,32-31-,35-20+,43-41+,51-49+. The van der Waals surface area contributed by atoms with Crippen LogP contribution in [0.25, 0.3) is 0 Å². The number of amides is 1. The van der Waals surface area contributed by atoms with Gasteiger partial charge in [-0.3, -0.25) is 4.79 Å². The third kappa shape index (κ3) is 35.8. The fourth-order valence-corrected chi connectivity index (χ4v) is 11.0. The molecule has 17 atom stereocenters. The van der Waals surface area contributed by atoms with E-state index in [-0.39, 0.29) is 18.9 Å². The molecule has 0 aromatic heterocycles. The highest BCUT2D eigenvalue weighted by atomic mass is 16.8. The van der Waals surface area contributed by atoms with Crippen LogP contribution in [-0.2, 0) is 33.2 Å². The molecule has 0 spiro atoms. The lowest BCUT2D eigenvalue weighted by Crippen LogP contribution is -2.66. The summed E-state index contributed by atoms with van der Waals surface area (Å²) < 4.78 is 34.3. The Balaban J connectivity index is 1.42. The van der Waals surface area contributed by atoms with Gasteiger partial charge < -0.3 is 89.9 Å². The second kappa shape index (κ2) is 54.2. The summed E-state index contributed by atoms with van der Waals surface area (Å²) in [5, 5.41) is 120. The minimum atomic E-state index is -1.99. The molecule has 3 heterocycles. The fourth-order valence-electron chi connectivity index (χ4n) is 11.0. The first-order valence-electron chi connectivity index (χ1n) is 35.3. The number of aliphatic hydroxyl groups is 11. The zero-order valence-corrected chi connectivity index (χ0v) is 56.2. The highest BCUT2D eigenvalue weighted by molar-refractivity contribution is 5.76. The molecule has 0 bridgehead atoms. The Bertz CT molecular complexity index is 2160. The van der Waals surface area contributed by atoms with E-state index >= 15 is 0 Å². The van der Waals surface area contributed by atoms with Crippen LogP contribution in [-0.4, -0.2) is 193 Å². The van der Waals surface area contributed by atoms with Gasteiger partial charge in [0.25, 0.3) is 0 Å². The van der Waals surface area contributed by atoms with Crippen molar-refractivity contribution in [3.63, 3.8) is 0 Å². The molecule has 93 heavy (non-hydrogen) atoms. The topological polar surface area (TPSA) is 307 Å². The number of ether oxygens (including phenoxy) is 6. The Morgan fingerprint density at radius 1 is 0.398 bits per heavy atom. The van der Waals surface area contributed by atoms with Crippen LogP contribution in [0.15, 0.2) is 122 Å². The molecule has 3 fully saturated rings. The Kier molecular flexibility index (Phi) is 48.6. The van der Waals surface area contributed by atoms with Gasteiger partial charge in [-0.05, 0) is 103 Å². The minimum Gasteiger partial charge on any atom is -0.394 e. The van der Waals surface area contributed by atoms with E-state index in [1.807, 2.05) is 6.08 Å². The maximum Gasteiger partial charge on any atom is 0.220 e. The highest BCUT2D eigenvalue weighted by Gasteiger charge is 2.53. The molecule has 0 aromatic rings. The average molecular weight is 1310 g/mol. The fraction of sp³-hybridized carbons (Fsp3) is 0.716. The summed E-state index contributed by atoms with van der Waals surface area (Å²) in [5.74, 6) is -0.302. The van der Waals surface area contributed by atoms with Crippen LogP contribution < -0.4 is 5.32 Å². The van der Waals surface area contributed by atoms with Crippen molar-refractivity contribution in [1.29, 1.82) is 0 Å². The predicted octanol–water partition coefficient (Wildman–Crippen LogP) is 9.60. The lowest BCUT2D eigenvalue weighted by Gasteiger charge is -2.48. The average Bonchev–Trinajstić information content (AvgIpc) is 0.900. The summed E-state index contributed by atoms with van der Waals surface area (Å²) in [5.41, 5.74) is 0. The van der Waals surface area contributed by atoms with Crippen molar-refractivity contribution < 1.29 is 89.4 Å². The zero-order valence-electron chi connectivity index (χ0n) is 56.2. The number of aliphatic hydroxyl groups excluding tert-OH is 11. The van der Waals surface area contributed by atoms with Gasteiger partial charge >= 0.3 is 0 Å². The predicted molar refractivity (Wildman–Crippen MR) is 364 cm³/mol. The molecule has 0 aromatic carbocycles. The van der Waals surface area contributed by atoms with Crippen LogP contribution in [0.2, 0.25) is 0 Å². The smallest absolute Gasteiger partial charge is 0.220 e. The number of nitrogens with one attached hydrogen (secondary N) is 1. The van der Waals surface area contributed by atoms with Gasteiger partial charge in [0.15, 0.2) is 18.9 Å². The molecule has 3 aliphatic rings. The lowest BCUT2D eigenvalue weighted by atomic mass is 9.96. The molecule has 0 aliphatic carbocycles. The van der Waals surface area contributed by atoms with Gasteiger partial charge in [0.05, 0.1) is 38.6 Å². The van der Waals surface area contributed by atoms with Crippen LogP contribution >= 0.6 is 0 Å². The molecule has 12 N–H and O–H groups in total. The summed E-state index contributed by atoms with van der Waals surface area (Å²) in [6.45, 7) is 1.56. The molecule has 3 rings (SSSR count). The molecule has 19 nitrogen and oxygen atoms in total. The van der Waals surface area contributed by atoms with Crippen molar-refractivity contribution in [1.82, 2.24) is 5.32 Å². The first kappa shape index (κ1) is 83.4. The second-order valence-electron chi connectivity index (χ2n) is 24.6. The summed E-state index contributed by atoms with van der Waals surface area (Å²) in [6.07, 6.45) is 47.4. The van der Waals surface area contributed by atoms with Crippen molar-refractivity contribution >= 4 is 5.91 Å². The van der Waals surface area contributed by atoms with E-state index in [1.54, 1.807) is 6.08 Å². The maximum atomic E-state index is 13.4. The Hall–Kier alpha value is -3.81. The number of rotatable bonds is 52. The molecule has 17 unspecified atom stereocenters. The molecule has 3 saturated heterocycles. The van der Waals surface area contributed by atoms with E-state index in [0.717, 1.165) is 103 Å². The van der Waals surface area contributed by atoms with E-state index in [4.69, 9.17) is 28.4 Å². The van der Waals surface area contributed by atoms with Gasteiger partial charge in [0.2, 0.25) is 5.91 Å². The largest absolute Gasteiger partial charge is 0.394 e. The van der Waals surface area contributed by atoms with Crippen molar-refractivity contribution in [2.24, 2.45) is 0 Å². The van der Waals surface area contributed by atoms with Gasteiger partial charge in [-0.1, -0.05) is 219 Å². The number of allylic oxidation sites excluding steroid dienone is 19. The van der Waals surface area contributed by atoms with E-state index in [1.165, 1.54) is 70.6 Å². The number of carbonyl (C=O) groups excluding carboxylic acids is 1. The Morgan fingerprint density at radius 3 is 1.20 bits per heavy atom. The number of hydrogen-bond acceptors (Lipinski definition) is 18. The van der Waals surface area contributed by atoms with E-state index < -0.39 is 124 Å². The van der Waals surface area contributed by atoms with E-state index in [9.17, 15) is 61.0 Å². The van der Waals surface area contributed by atoms with E-state index in [0.29, 0.717) is 12.8 Å². The molecule has 0 saturated carbocycles. The van der Waals surface area contributed by atoms with Crippen LogP contribution in [0.5, 0.6) is 0 Å². The number of hydrogen-bond donors (Lipinski definition) is 12. The second-order valence-corrected chi connectivity index (χ2v) is 24.6. The maximum absolute atomic E-state index is 13.4. The van der Waals surface area contributed by atoms with Gasteiger partial charge in [0, 0.05) is 6.42 Å². The molecule has 0 radical (unpaired) electrons. The third-order valence-electron chi connectivity index (χ3n) is 16.7. The molecule has 3 aliphatic heterocycles. The normalized spacial score (nSPS) is 28.3. The SMILES string of the molecule is CC/C=C\C/C=C\C/C=C\C/C=C\C/C=C\C/C=C\C/C=C\CCCCCCCCCCCC(=O)NC(COC1OC(CO)C(OC2OC(CO)C(OC3OC(CO)C(O)C(O)C3O)C(O)C2O)C(O)C1O)C(O)/C=C/CC/C=C/CC/C=C/CCCCCCCCC. The van der Waals surface area contributed by atoms with Gasteiger partial charge in [-0.2, -0.15) is 0 Å².